The second-order valence-corrected chi connectivity index (χ2v) is 3.97. The fourth-order valence-electron chi connectivity index (χ4n) is 1.72. The number of terminal acetylenes is 1. The van der Waals surface area contributed by atoms with E-state index in [1.165, 1.54) is 16.9 Å². The van der Waals surface area contributed by atoms with Crippen LogP contribution in [0.15, 0.2) is 18.3 Å². The lowest BCUT2D eigenvalue weighted by Crippen LogP contribution is -2.00. The Morgan fingerprint density at radius 1 is 1.56 bits per heavy atom. The number of aromatic nitrogens is 2. The summed E-state index contributed by atoms with van der Waals surface area (Å²) in [5.41, 5.74) is 0.879. The quantitative estimate of drug-likeness (QED) is 0.739. The van der Waals surface area contributed by atoms with Crippen molar-refractivity contribution in [3.05, 3.63) is 40.3 Å². The van der Waals surface area contributed by atoms with Crippen molar-refractivity contribution in [3.63, 3.8) is 0 Å². The topological polar surface area (TPSA) is 41.6 Å². The first-order valence-electron chi connectivity index (χ1n) is 4.97. The lowest BCUT2D eigenvalue weighted by molar-refractivity contribution is 0.628. The van der Waals surface area contributed by atoms with Crippen molar-refractivity contribution in [1.29, 1.82) is 5.26 Å². The number of hydrogen-bond acceptors (Lipinski definition) is 2. The van der Waals surface area contributed by atoms with Gasteiger partial charge in [0.15, 0.2) is 5.82 Å². The molecule has 1 heterocycles. The predicted octanol–water partition coefficient (Wildman–Crippen LogP) is 2.73. The third-order valence-electron chi connectivity index (χ3n) is 2.56. The van der Waals surface area contributed by atoms with Crippen molar-refractivity contribution in [2.24, 2.45) is 7.05 Å². The highest BCUT2D eigenvalue weighted by Crippen LogP contribution is 2.32. The minimum Gasteiger partial charge on any atom is -0.268 e. The standard InChI is InChI=1S/C13H7ClFN3/c1-3-8-6-10(14)13(15)12(9(8)7-16)11-4-5-17-18(11)2/h1,4-6H,2H3. The Bertz CT molecular complexity index is 704. The molecule has 2 aromatic rings. The molecule has 0 bridgehead atoms. The van der Waals surface area contributed by atoms with E-state index in [2.05, 4.69) is 11.0 Å². The molecule has 0 fully saturated rings. The van der Waals surface area contributed by atoms with E-state index in [-0.39, 0.29) is 21.7 Å². The normalized spacial score (nSPS) is 9.83. The molecular weight excluding hydrogens is 253 g/mol. The van der Waals surface area contributed by atoms with Crippen molar-refractivity contribution < 1.29 is 4.39 Å². The molecule has 3 nitrogen and oxygen atoms in total. The summed E-state index contributed by atoms with van der Waals surface area (Å²) in [6.45, 7) is 0. The zero-order valence-electron chi connectivity index (χ0n) is 9.41. The Balaban J connectivity index is 2.90. The molecule has 0 saturated carbocycles. The smallest absolute Gasteiger partial charge is 0.152 e. The maximum Gasteiger partial charge on any atom is 0.152 e. The molecule has 1 aromatic carbocycles. The number of halogens is 2. The summed E-state index contributed by atoms with van der Waals surface area (Å²) in [5.74, 6) is 1.66. The van der Waals surface area contributed by atoms with Gasteiger partial charge < -0.3 is 0 Å². The van der Waals surface area contributed by atoms with Gasteiger partial charge in [-0.2, -0.15) is 10.4 Å². The molecule has 0 amide bonds. The molecule has 0 N–H and O–H groups in total. The van der Waals surface area contributed by atoms with Crippen LogP contribution in [0.4, 0.5) is 4.39 Å². The number of nitrogens with zero attached hydrogens (tertiary/aromatic N) is 3. The molecule has 1 aromatic heterocycles. The Labute approximate surface area is 108 Å². The molecular formula is C13H7ClFN3. The van der Waals surface area contributed by atoms with Crippen LogP contribution in [0, 0.1) is 29.5 Å². The molecule has 0 aliphatic heterocycles. The van der Waals surface area contributed by atoms with Crippen LogP contribution in [0.2, 0.25) is 5.02 Å². The van der Waals surface area contributed by atoms with E-state index in [1.807, 2.05) is 6.07 Å². The molecule has 0 saturated heterocycles. The van der Waals surface area contributed by atoms with E-state index in [9.17, 15) is 4.39 Å². The zero-order valence-corrected chi connectivity index (χ0v) is 10.2. The first kappa shape index (κ1) is 12.2. The van der Waals surface area contributed by atoms with Crippen LogP contribution in [0.5, 0.6) is 0 Å². The number of hydrogen-bond donors (Lipinski definition) is 0. The van der Waals surface area contributed by atoms with E-state index in [1.54, 1.807) is 13.1 Å². The number of rotatable bonds is 1. The molecule has 0 aliphatic rings. The van der Waals surface area contributed by atoms with E-state index in [0.717, 1.165) is 0 Å². The lowest BCUT2D eigenvalue weighted by Gasteiger charge is -2.09. The Morgan fingerprint density at radius 2 is 2.28 bits per heavy atom. The van der Waals surface area contributed by atoms with Gasteiger partial charge in [0, 0.05) is 18.8 Å². The summed E-state index contributed by atoms with van der Waals surface area (Å²) in [5, 5.41) is 13.0. The van der Waals surface area contributed by atoms with Gasteiger partial charge in [-0.05, 0) is 12.1 Å². The summed E-state index contributed by atoms with van der Waals surface area (Å²) in [7, 11) is 1.65. The van der Waals surface area contributed by atoms with Crippen molar-refractivity contribution in [2.45, 2.75) is 0 Å². The monoisotopic (exact) mass is 259 g/mol. The van der Waals surface area contributed by atoms with Gasteiger partial charge in [0.25, 0.3) is 0 Å². The third kappa shape index (κ3) is 1.73. The van der Waals surface area contributed by atoms with Crippen molar-refractivity contribution >= 4 is 11.6 Å². The highest BCUT2D eigenvalue weighted by molar-refractivity contribution is 6.31. The maximum absolute atomic E-state index is 14.1. The van der Waals surface area contributed by atoms with Gasteiger partial charge in [-0.25, -0.2) is 4.39 Å². The highest BCUT2D eigenvalue weighted by Gasteiger charge is 2.20. The molecule has 0 radical (unpaired) electrons. The van der Waals surface area contributed by atoms with Gasteiger partial charge in [-0.15, -0.1) is 6.42 Å². The van der Waals surface area contributed by atoms with Gasteiger partial charge in [-0.3, -0.25) is 4.68 Å². The molecule has 0 atom stereocenters. The van der Waals surface area contributed by atoms with Gasteiger partial charge in [0.1, 0.15) is 6.07 Å². The van der Waals surface area contributed by atoms with Crippen LogP contribution in [-0.2, 0) is 7.05 Å². The first-order valence-corrected chi connectivity index (χ1v) is 5.35. The molecule has 0 unspecified atom stereocenters. The number of benzene rings is 1. The molecule has 18 heavy (non-hydrogen) atoms. The van der Waals surface area contributed by atoms with E-state index in [0.29, 0.717) is 5.69 Å². The van der Waals surface area contributed by atoms with E-state index < -0.39 is 5.82 Å². The molecule has 0 aliphatic carbocycles. The summed E-state index contributed by atoms with van der Waals surface area (Å²) in [6, 6.07) is 4.78. The van der Waals surface area contributed by atoms with Crippen molar-refractivity contribution in [3.8, 4) is 29.7 Å². The number of nitriles is 1. The minimum absolute atomic E-state index is 0.0814. The number of aryl methyl sites for hydroxylation is 1. The van der Waals surface area contributed by atoms with Crippen LogP contribution in [-0.4, -0.2) is 9.78 Å². The van der Waals surface area contributed by atoms with Gasteiger partial charge >= 0.3 is 0 Å². The maximum atomic E-state index is 14.1. The SMILES string of the molecule is C#Cc1cc(Cl)c(F)c(-c2ccnn2C)c1C#N. The molecule has 2 rings (SSSR count). The first-order chi connectivity index (χ1) is 8.60. The molecule has 0 spiro atoms. The zero-order chi connectivity index (χ0) is 13.3. The van der Waals surface area contributed by atoms with Crippen LogP contribution >= 0.6 is 11.6 Å². The second kappa shape index (κ2) is 4.52. The van der Waals surface area contributed by atoms with Crippen molar-refractivity contribution in [1.82, 2.24) is 9.78 Å². The Kier molecular flexibility index (Phi) is 3.06. The van der Waals surface area contributed by atoms with E-state index >= 15 is 0 Å². The average molecular weight is 260 g/mol. The Hall–Kier alpha value is -2.30. The van der Waals surface area contributed by atoms with E-state index in [4.69, 9.17) is 23.3 Å². The Morgan fingerprint density at radius 3 is 2.78 bits per heavy atom. The molecule has 88 valence electrons. The minimum atomic E-state index is -0.671. The fourth-order valence-corrected chi connectivity index (χ4v) is 1.92. The van der Waals surface area contributed by atoms with Gasteiger partial charge in [0.2, 0.25) is 0 Å². The predicted molar refractivity (Wildman–Crippen MR) is 66.3 cm³/mol. The largest absolute Gasteiger partial charge is 0.268 e. The van der Waals surface area contributed by atoms with Gasteiger partial charge in [-0.1, -0.05) is 17.5 Å². The van der Waals surface area contributed by atoms with Crippen LogP contribution < -0.4 is 0 Å². The summed E-state index contributed by atoms with van der Waals surface area (Å²) >= 11 is 5.79. The fraction of sp³-hybridized carbons (Fsp3) is 0.0769. The second-order valence-electron chi connectivity index (χ2n) is 3.57. The van der Waals surface area contributed by atoms with Crippen LogP contribution in [0.1, 0.15) is 11.1 Å². The van der Waals surface area contributed by atoms with Crippen molar-refractivity contribution in [2.75, 3.05) is 0 Å². The summed E-state index contributed by atoms with van der Waals surface area (Å²) in [6.07, 6.45) is 6.81. The lowest BCUT2D eigenvalue weighted by atomic mass is 9.99. The average Bonchev–Trinajstić information content (AvgIpc) is 2.78. The van der Waals surface area contributed by atoms with Crippen LogP contribution in [0.3, 0.4) is 0 Å². The molecule has 5 heteroatoms. The summed E-state index contributed by atoms with van der Waals surface area (Å²) in [4.78, 5) is 0. The van der Waals surface area contributed by atoms with Crippen LogP contribution in [0.25, 0.3) is 11.3 Å². The van der Waals surface area contributed by atoms with Gasteiger partial charge in [0.05, 0.1) is 21.8 Å². The third-order valence-corrected chi connectivity index (χ3v) is 2.84. The highest BCUT2D eigenvalue weighted by atomic mass is 35.5. The summed E-state index contributed by atoms with van der Waals surface area (Å²) < 4.78 is 15.6.